The van der Waals surface area contributed by atoms with Gasteiger partial charge in [-0.25, -0.2) is 13.1 Å². The van der Waals surface area contributed by atoms with E-state index in [4.69, 9.17) is 0 Å². The van der Waals surface area contributed by atoms with E-state index >= 15 is 0 Å². The van der Waals surface area contributed by atoms with Crippen LogP contribution in [0, 0.1) is 0 Å². The van der Waals surface area contributed by atoms with Crippen LogP contribution in [0.2, 0.25) is 0 Å². The maximum absolute atomic E-state index is 12.2. The molecule has 0 bridgehead atoms. The van der Waals surface area contributed by atoms with Gasteiger partial charge in [-0.3, -0.25) is 0 Å². The molecule has 1 aromatic heterocycles. The summed E-state index contributed by atoms with van der Waals surface area (Å²) in [5.41, 5.74) is 0. The summed E-state index contributed by atoms with van der Waals surface area (Å²) in [5, 5.41) is 7.41. The zero-order valence-corrected chi connectivity index (χ0v) is 12.7. The second-order valence-electron chi connectivity index (χ2n) is 3.94. The second-order valence-corrected chi connectivity index (χ2v) is 6.65. The Hall–Kier alpha value is -0.510. The molecule has 0 aromatic carbocycles. The minimum atomic E-state index is -3.55. The molecule has 17 heavy (non-hydrogen) atoms. The molecular formula is C8H16BrN5O2S. The molecule has 98 valence electrons. The zero-order valence-electron chi connectivity index (χ0n) is 10.3. The van der Waals surface area contributed by atoms with E-state index in [-0.39, 0.29) is 9.63 Å². The number of aryl methyl sites for hydroxylation is 1. The Morgan fingerprint density at radius 2 is 1.88 bits per heavy atom. The quantitative estimate of drug-likeness (QED) is 0.747. The highest BCUT2D eigenvalue weighted by Crippen LogP contribution is 2.20. The normalized spacial score (nSPS) is 12.6. The minimum Gasteiger partial charge on any atom is -0.308 e. The van der Waals surface area contributed by atoms with Gasteiger partial charge in [-0.1, -0.05) is 5.21 Å². The lowest BCUT2D eigenvalue weighted by atomic mass is 10.6. The van der Waals surface area contributed by atoms with Crippen molar-refractivity contribution < 1.29 is 8.42 Å². The molecule has 0 N–H and O–H groups in total. The number of sulfonamides is 1. The van der Waals surface area contributed by atoms with E-state index in [0.29, 0.717) is 13.1 Å². The Bertz CT molecular complexity index is 465. The number of halogens is 1. The number of hydrogen-bond donors (Lipinski definition) is 0. The molecule has 0 aliphatic carbocycles. The van der Waals surface area contributed by atoms with Crippen LogP contribution in [-0.4, -0.2) is 66.8 Å². The number of rotatable bonds is 5. The highest BCUT2D eigenvalue weighted by atomic mass is 79.9. The highest BCUT2D eigenvalue weighted by molar-refractivity contribution is 9.10. The average Bonchev–Trinajstić information content (AvgIpc) is 2.55. The van der Waals surface area contributed by atoms with Gasteiger partial charge in [0, 0.05) is 27.2 Å². The lowest BCUT2D eigenvalue weighted by molar-refractivity contribution is 0.357. The van der Waals surface area contributed by atoms with Gasteiger partial charge in [0.15, 0.2) is 4.60 Å². The van der Waals surface area contributed by atoms with Crippen LogP contribution < -0.4 is 0 Å². The first kappa shape index (κ1) is 14.6. The van der Waals surface area contributed by atoms with Gasteiger partial charge in [0.25, 0.3) is 10.0 Å². The highest BCUT2D eigenvalue weighted by Gasteiger charge is 2.28. The molecule has 1 rings (SSSR count). The van der Waals surface area contributed by atoms with Crippen LogP contribution >= 0.6 is 15.9 Å². The maximum Gasteiger partial charge on any atom is 0.262 e. The van der Waals surface area contributed by atoms with Gasteiger partial charge in [-0.15, -0.1) is 5.10 Å². The molecule has 9 heteroatoms. The molecule has 0 unspecified atom stereocenters. The number of aromatic nitrogens is 3. The molecule has 0 aliphatic heterocycles. The summed E-state index contributed by atoms with van der Waals surface area (Å²) in [7, 11) is 3.31. The molecule has 0 fully saturated rings. The lowest BCUT2D eigenvalue weighted by Crippen LogP contribution is -2.34. The van der Waals surface area contributed by atoms with E-state index in [2.05, 4.69) is 26.2 Å². The fraction of sp³-hybridized carbons (Fsp3) is 0.750. The van der Waals surface area contributed by atoms with Crippen LogP contribution in [0.1, 0.15) is 0 Å². The van der Waals surface area contributed by atoms with E-state index < -0.39 is 10.0 Å². The summed E-state index contributed by atoms with van der Waals surface area (Å²) >= 11 is 3.09. The van der Waals surface area contributed by atoms with Gasteiger partial charge in [0.1, 0.15) is 0 Å². The second kappa shape index (κ2) is 5.42. The van der Waals surface area contributed by atoms with Crippen molar-refractivity contribution in [3.05, 3.63) is 4.60 Å². The van der Waals surface area contributed by atoms with Crippen LogP contribution in [0.5, 0.6) is 0 Å². The van der Waals surface area contributed by atoms with Crippen molar-refractivity contribution in [2.24, 2.45) is 7.05 Å². The molecule has 0 saturated heterocycles. The Morgan fingerprint density at radius 1 is 1.29 bits per heavy atom. The monoisotopic (exact) mass is 325 g/mol. The summed E-state index contributed by atoms with van der Waals surface area (Å²) in [6, 6.07) is 0. The molecule has 0 saturated carbocycles. The van der Waals surface area contributed by atoms with Crippen molar-refractivity contribution >= 4 is 26.0 Å². The van der Waals surface area contributed by atoms with Crippen molar-refractivity contribution in [3.8, 4) is 0 Å². The molecule has 1 aromatic rings. The smallest absolute Gasteiger partial charge is 0.262 e. The fourth-order valence-corrected chi connectivity index (χ4v) is 3.39. The van der Waals surface area contributed by atoms with E-state index in [9.17, 15) is 8.42 Å². The average molecular weight is 326 g/mol. The third-order valence-electron chi connectivity index (χ3n) is 2.25. The third kappa shape index (κ3) is 3.24. The topological polar surface area (TPSA) is 71.3 Å². The number of likely N-dealkylation sites (N-methyl/N-ethyl adjacent to an activating group) is 2. The zero-order chi connectivity index (χ0) is 13.2. The maximum atomic E-state index is 12.2. The van der Waals surface area contributed by atoms with Crippen molar-refractivity contribution in [1.82, 2.24) is 24.2 Å². The van der Waals surface area contributed by atoms with Gasteiger partial charge < -0.3 is 4.90 Å². The van der Waals surface area contributed by atoms with Crippen LogP contribution in [-0.2, 0) is 17.1 Å². The summed E-state index contributed by atoms with van der Waals surface area (Å²) in [5.74, 6) is 0. The van der Waals surface area contributed by atoms with Crippen LogP contribution in [0.15, 0.2) is 9.63 Å². The van der Waals surface area contributed by atoms with Gasteiger partial charge >= 0.3 is 0 Å². The Morgan fingerprint density at radius 3 is 2.29 bits per heavy atom. The Balaban J connectivity index is 2.96. The van der Waals surface area contributed by atoms with Gasteiger partial charge in [-0.2, -0.15) is 4.31 Å². The van der Waals surface area contributed by atoms with Crippen molar-refractivity contribution in [2.75, 3.05) is 34.2 Å². The molecule has 7 nitrogen and oxygen atoms in total. The lowest BCUT2D eigenvalue weighted by Gasteiger charge is -2.19. The first-order valence-electron chi connectivity index (χ1n) is 4.93. The predicted octanol–water partition coefficient (Wildman–Crippen LogP) is -0.240. The van der Waals surface area contributed by atoms with E-state index in [1.807, 2.05) is 19.0 Å². The third-order valence-corrected chi connectivity index (χ3v) is 5.00. The Labute approximate surface area is 110 Å². The Kier molecular flexibility index (Phi) is 4.64. The van der Waals surface area contributed by atoms with Crippen LogP contribution in [0.25, 0.3) is 0 Å². The van der Waals surface area contributed by atoms with Crippen LogP contribution in [0.4, 0.5) is 0 Å². The van der Waals surface area contributed by atoms with Gasteiger partial charge in [0.2, 0.25) is 5.03 Å². The molecular weight excluding hydrogens is 310 g/mol. The molecule has 0 spiro atoms. The summed E-state index contributed by atoms with van der Waals surface area (Å²) < 4.78 is 27.2. The molecule has 0 amide bonds. The van der Waals surface area contributed by atoms with Crippen molar-refractivity contribution in [1.29, 1.82) is 0 Å². The van der Waals surface area contributed by atoms with E-state index in [1.165, 1.54) is 16.0 Å². The number of hydrogen-bond acceptors (Lipinski definition) is 5. The first-order chi connectivity index (χ1) is 7.76. The van der Waals surface area contributed by atoms with E-state index in [0.717, 1.165) is 0 Å². The molecule has 0 radical (unpaired) electrons. The van der Waals surface area contributed by atoms with Crippen molar-refractivity contribution in [3.63, 3.8) is 0 Å². The predicted molar refractivity (Wildman–Crippen MR) is 67.1 cm³/mol. The summed E-state index contributed by atoms with van der Waals surface area (Å²) in [4.78, 5) is 1.92. The SMILES string of the molecule is CN(C)CCN(C)S(=O)(=O)c1c(Br)nnn1C. The molecule has 0 atom stereocenters. The first-order valence-corrected chi connectivity index (χ1v) is 7.16. The standard InChI is InChI=1S/C8H16BrN5O2S/c1-12(2)5-6-13(3)17(15,16)8-7(9)10-11-14(8)4/h5-6H2,1-4H3. The summed E-state index contributed by atoms with van der Waals surface area (Å²) in [6.07, 6.45) is 0. The van der Waals surface area contributed by atoms with Gasteiger partial charge in [-0.05, 0) is 30.0 Å². The van der Waals surface area contributed by atoms with E-state index in [1.54, 1.807) is 7.05 Å². The van der Waals surface area contributed by atoms with Crippen LogP contribution in [0.3, 0.4) is 0 Å². The fourth-order valence-electron chi connectivity index (χ4n) is 1.21. The molecule has 0 aliphatic rings. The number of nitrogens with zero attached hydrogens (tertiary/aromatic N) is 5. The van der Waals surface area contributed by atoms with Gasteiger partial charge in [0.05, 0.1) is 0 Å². The largest absolute Gasteiger partial charge is 0.308 e. The van der Waals surface area contributed by atoms with Crippen molar-refractivity contribution in [2.45, 2.75) is 5.03 Å². The summed E-state index contributed by atoms with van der Waals surface area (Å²) in [6.45, 7) is 1.06. The minimum absolute atomic E-state index is 0.0683. The molecule has 1 heterocycles.